The first kappa shape index (κ1) is 18.0. The summed E-state index contributed by atoms with van der Waals surface area (Å²) in [5.41, 5.74) is 5.87. The van der Waals surface area contributed by atoms with Crippen molar-refractivity contribution in [2.24, 2.45) is 0 Å². The van der Waals surface area contributed by atoms with Crippen LogP contribution in [0.2, 0.25) is 0 Å². The van der Waals surface area contributed by atoms with Gasteiger partial charge in [0.05, 0.1) is 0 Å². The molecule has 1 saturated heterocycles. The molecule has 0 radical (unpaired) electrons. The van der Waals surface area contributed by atoms with E-state index in [0.717, 1.165) is 42.5 Å². The summed E-state index contributed by atoms with van der Waals surface area (Å²) in [6, 6.07) is 11.8. The molecular weight excluding hydrogens is 354 g/mol. The van der Waals surface area contributed by atoms with Crippen LogP contribution in [0.1, 0.15) is 19.3 Å². The molecule has 8 heteroatoms. The van der Waals surface area contributed by atoms with Crippen LogP contribution in [0.15, 0.2) is 42.6 Å². The van der Waals surface area contributed by atoms with Crippen LogP contribution >= 0.6 is 0 Å². The third-order valence-corrected chi connectivity index (χ3v) is 4.75. The summed E-state index contributed by atoms with van der Waals surface area (Å²) in [6.45, 7) is 2.33. The van der Waals surface area contributed by atoms with E-state index in [1.807, 2.05) is 35.2 Å². The summed E-state index contributed by atoms with van der Waals surface area (Å²) in [5.74, 6) is 2.37. The van der Waals surface area contributed by atoms with Crippen molar-refractivity contribution in [1.82, 2.24) is 19.9 Å². The van der Waals surface area contributed by atoms with Gasteiger partial charge in [-0.2, -0.15) is 9.97 Å². The van der Waals surface area contributed by atoms with Gasteiger partial charge in [0.25, 0.3) is 0 Å². The zero-order chi connectivity index (χ0) is 19.3. The first-order valence-electron chi connectivity index (χ1n) is 9.46. The molecule has 0 atom stereocenters. The van der Waals surface area contributed by atoms with Crippen LogP contribution in [0.5, 0.6) is 0 Å². The normalized spacial score (nSPS) is 13.9. The van der Waals surface area contributed by atoms with Gasteiger partial charge in [0, 0.05) is 43.7 Å². The quantitative estimate of drug-likeness (QED) is 0.543. The van der Waals surface area contributed by atoms with E-state index in [9.17, 15) is 4.79 Å². The fraction of sp³-hybridized carbons (Fsp3) is 0.300. The Hall–Kier alpha value is -3.42. The predicted molar refractivity (Wildman–Crippen MR) is 110 cm³/mol. The molecule has 28 heavy (non-hydrogen) atoms. The van der Waals surface area contributed by atoms with Gasteiger partial charge in [0.1, 0.15) is 17.5 Å². The SMILES string of the molecule is Nc1nc(NCCCN2CCCC2=O)cc(Nc2nccc3ccccc23)n1. The lowest BCUT2D eigenvalue weighted by Gasteiger charge is -2.15. The summed E-state index contributed by atoms with van der Waals surface area (Å²) in [4.78, 5) is 26.5. The van der Waals surface area contributed by atoms with E-state index in [0.29, 0.717) is 24.6 Å². The zero-order valence-electron chi connectivity index (χ0n) is 15.6. The van der Waals surface area contributed by atoms with Crippen LogP contribution in [0.25, 0.3) is 10.8 Å². The maximum atomic E-state index is 11.6. The largest absolute Gasteiger partial charge is 0.370 e. The Balaban J connectivity index is 1.41. The molecule has 0 saturated carbocycles. The fourth-order valence-corrected chi connectivity index (χ4v) is 3.39. The number of hydrogen-bond donors (Lipinski definition) is 3. The molecule has 4 rings (SSSR count). The van der Waals surface area contributed by atoms with Crippen molar-refractivity contribution in [3.05, 3.63) is 42.6 Å². The second-order valence-corrected chi connectivity index (χ2v) is 6.77. The Bertz CT molecular complexity index is 986. The number of aromatic nitrogens is 3. The number of nitrogen functional groups attached to an aromatic ring is 1. The number of nitrogens with two attached hydrogens (primary N) is 1. The number of nitrogens with zero attached hydrogens (tertiary/aromatic N) is 4. The highest BCUT2D eigenvalue weighted by atomic mass is 16.2. The highest BCUT2D eigenvalue weighted by Gasteiger charge is 2.18. The number of anilines is 4. The highest BCUT2D eigenvalue weighted by Crippen LogP contribution is 2.24. The van der Waals surface area contributed by atoms with Gasteiger partial charge >= 0.3 is 0 Å². The average molecular weight is 377 g/mol. The minimum absolute atomic E-state index is 0.183. The number of amides is 1. The molecule has 144 valence electrons. The molecule has 1 amide bonds. The third kappa shape index (κ3) is 4.11. The number of carbonyl (C=O) groups is 1. The number of fused-ring (bicyclic) bond motifs is 1. The Kier molecular flexibility index (Phi) is 5.18. The topological polar surface area (TPSA) is 109 Å². The number of nitrogens with one attached hydrogen (secondary N) is 2. The monoisotopic (exact) mass is 377 g/mol. The maximum absolute atomic E-state index is 11.6. The zero-order valence-corrected chi connectivity index (χ0v) is 15.6. The molecule has 8 nitrogen and oxygen atoms in total. The Morgan fingerprint density at radius 2 is 2.00 bits per heavy atom. The molecule has 0 unspecified atom stereocenters. The number of hydrogen-bond acceptors (Lipinski definition) is 7. The van der Waals surface area contributed by atoms with E-state index in [1.165, 1.54) is 0 Å². The van der Waals surface area contributed by atoms with Gasteiger partial charge in [0.15, 0.2) is 0 Å². The Labute approximate surface area is 163 Å². The van der Waals surface area contributed by atoms with Gasteiger partial charge in [-0.3, -0.25) is 4.79 Å². The minimum atomic E-state index is 0.183. The van der Waals surface area contributed by atoms with Gasteiger partial charge in [-0.25, -0.2) is 4.98 Å². The molecule has 1 aromatic carbocycles. The first-order valence-corrected chi connectivity index (χ1v) is 9.46. The Morgan fingerprint density at radius 1 is 1.14 bits per heavy atom. The van der Waals surface area contributed by atoms with Crippen molar-refractivity contribution in [2.75, 3.05) is 36.0 Å². The molecule has 1 fully saturated rings. The number of likely N-dealkylation sites (tertiary alicyclic amines) is 1. The van der Waals surface area contributed by atoms with Crippen LogP contribution in [0, 0.1) is 0 Å². The van der Waals surface area contributed by atoms with E-state index in [4.69, 9.17) is 5.73 Å². The van der Waals surface area contributed by atoms with Gasteiger partial charge in [-0.05, 0) is 24.3 Å². The third-order valence-electron chi connectivity index (χ3n) is 4.75. The van der Waals surface area contributed by atoms with Crippen molar-refractivity contribution in [3.8, 4) is 0 Å². The average Bonchev–Trinajstić information content (AvgIpc) is 3.10. The smallest absolute Gasteiger partial charge is 0.223 e. The van der Waals surface area contributed by atoms with Gasteiger partial charge in [-0.1, -0.05) is 24.3 Å². The van der Waals surface area contributed by atoms with Crippen LogP contribution in [0.4, 0.5) is 23.4 Å². The lowest BCUT2D eigenvalue weighted by Crippen LogP contribution is -2.27. The lowest BCUT2D eigenvalue weighted by atomic mass is 10.1. The second-order valence-electron chi connectivity index (χ2n) is 6.77. The van der Waals surface area contributed by atoms with Crippen LogP contribution in [0.3, 0.4) is 0 Å². The van der Waals surface area contributed by atoms with Gasteiger partial charge in [-0.15, -0.1) is 0 Å². The van der Waals surface area contributed by atoms with Crippen LogP contribution in [-0.2, 0) is 4.79 Å². The summed E-state index contributed by atoms with van der Waals surface area (Å²) in [7, 11) is 0. The Morgan fingerprint density at radius 3 is 2.86 bits per heavy atom. The maximum Gasteiger partial charge on any atom is 0.223 e. The fourth-order valence-electron chi connectivity index (χ4n) is 3.39. The number of carbonyl (C=O) groups excluding carboxylic acids is 1. The number of rotatable bonds is 7. The molecule has 1 aliphatic rings. The van der Waals surface area contributed by atoms with Crippen molar-refractivity contribution in [1.29, 1.82) is 0 Å². The molecule has 0 spiro atoms. The van der Waals surface area contributed by atoms with E-state index in [-0.39, 0.29) is 11.9 Å². The van der Waals surface area contributed by atoms with Crippen molar-refractivity contribution < 1.29 is 4.79 Å². The van der Waals surface area contributed by atoms with Crippen LogP contribution < -0.4 is 16.4 Å². The summed E-state index contributed by atoms with van der Waals surface area (Å²) in [5, 5.41) is 8.59. The first-order chi connectivity index (χ1) is 13.7. The summed E-state index contributed by atoms with van der Waals surface area (Å²) >= 11 is 0. The van der Waals surface area contributed by atoms with Crippen molar-refractivity contribution in [2.45, 2.75) is 19.3 Å². The number of pyridine rings is 1. The standard InChI is InChI=1S/C20H23N7O/c21-20-25-16(22-9-4-12-27-11-3-7-18(27)28)13-17(26-20)24-19-15-6-2-1-5-14(15)8-10-23-19/h1-2,5-6,8,10,13H,3-4,7,9,11-12H2,(H4,21,22,23,24,25,26). The number of benzene rings is 1. The molecule has 3 aromatic rings. The second kappa shape index (κ2) is 8.08. The lowest BCUT2D eigenvalue weighted by molar-refractivity contribution is -0.127. The molecular formula is C20H23N7O. The van der Waals surface area contributed by atoms with Crippen molar-refractivity contribution in [3.63, 3.8) is 0 Å². The van der Waals surface area contributed by atoms with E-state index in [2.05, 4.69) is 25.6 Å². The molecule has 0 bridgehead atoms. The van der Waals surface area contributed by atoms with Crippen molar-refractivity contribution >= 4 is 40.1 Å². The molecule has 2 aromatic heterocycles. The van der Waals surface area contributed by atoms with E-state index >= 15 is 0 Å². The highest BCUT2D eigenvalue weighted by molar-refractivity contribution is 5.92. The molecule has 4 N–H and O–H groups in total. The predicted octanol–water partition coefficient (Wildman–Crippen LogP) is 2.78. The summed E-state index contributed by atoms with van der Waals surface area (Å²) < 4.78 is 0. The molecule has 0 aliphatic carbocycles. The minimum Gasteiger partial charge on any atom is -0.370 e. The summed E-state index contributed by atoms with van der Waals surface area (Å²) in [6.07, 6.45) is 4.25. The van der Waals surface area contributed by atoms with Gasteiger partial charge < -0.3 is 21.3 Å². The van der Waals surface area contributed by atoms with Gasteiger partial charge in [0.2, 0.25) is 11.9 Å². The van der Waals surface area contributed by atoms with Crippen LogP contribution in [-0.4, -0.2) is 45.4 Å². The van der Waals surface area contributed by atoms with E-state index < -0.39 is 0 Å². The molecule has 3 heterocycles. The molecule has 1 aliphatic heterocycles. The van der Waals surface area contributed by atoms with E-state index in [1.54, 1.807) is 12.3 Å².